The van der Waals surface area contributed by atoms with E-state index in [4.69, 9.17) is 4.42 Å². The molecule has 0 aliphatic carbocycles. The molecule has 1 atom stereocenters. The van der Waals surface area contributed by atoms with Crippen LogP contribution >= 0.6 is 0 Å². The van der Waals surface area contributed by atoms with Gasteiger partial charge in [0.15, 0.2) is 0 Å². The van der Waals surface area contributed by atoms with Crippen LogP contribution < -0.4 is 10.0 Å². The molecule has 36 heavy (non-hydrogen) atoms. The zero-order chi connectivity index (χ0) is 26.1. The van der Waals surface area contributed by atoms with Crippen molar-refractivity contribution in [2.75, 3.05) is 0 Å². The van der Waals surface area contributed by atoms with Gasteiger partial charge in [-0.1, -0.05) is 0 Å². The molecule has 0 aliphatic rings. The summed E-state index contributed by atoms with van der Waals surface area (Å²) < 4.78 is 84.2. The maximum Gasteiger partial charge on any atom is 0.417 e. The Bertz CT molecular complexity index is 1520. The number of carbonyl (C=O) groups is 1. The topological polar surface area (TPSA) is 114 Å². The minimum absolute atomic E-state index is 0.0315. The van der Waals surface area contributed by atoms with Crippen molar-refractivity contribution in [1.29, 1.82) is 0 Å². The monoisotopic (exact) mass is 522 g/mol. The van der Waals surface area contributed by atoms with Gasteiger partial charge in [-0.25, -0.2) is 12.8 Å². The van der Waals surface area contributed by atoms with E-state index in [0.717, 1.165) is 30.5 Å². The number of sulfonamides is 1. The number of furan rings is 1. The predicted molar refractivity (Wildman–Crippen MR) is 120 cm³/mol. The first kappa shape index (κ1) is 25.3. The van der Waals surface area contributed by atoms with Gasteiger partial charge in [0.25, 0.3) is 10.0 Å². The van der Waals surface area contributed by atoms with E-state index in [9.17, 15) is 30.8 Å². The molecule has 3 heterocycles. The molecule has 13 heteroatoms. The number of nitrogens with zero attached hydrogens (tertiary/aromatic N) is 2. The van der Waals surface area contributed by atoms with Crippen LogP contribution in [0.1, 0.15) is 18.1 Å². The molecule has 4 rings (SSSR count). The van der Waals surface area contributed by atoms with E-state index in [-0.39, 0.29) is 23.2 Å². The van der Waals surface area contributed by atoms with E-state index in [0.29, 0.717) is 11.1 Å². The van der Waals surface area contributed by atoms with Crippen LogP contribution in [0.2, 0.25) is 0 Å². The van der Waals surface area contributed by atoms with E-state index in [1.165, 1.54) is 31.5 Å². The highest BCUT2D eigenvalue weighted by Gasteiger charge is 2.30. The van der Waals surface area contributed by atoms with Gasteiger partial charge in [0.2, 0.25) is 11.0 Å². The lowest BCUT2D eigenvalue weighted by Crippen LogP contribution is -2.44. The number of nitrogens with one attached hydrogen (secondary N) is 2. The number of aromatic nitrogens is 2. The van der Waals surface area contributed by atoms with Crippen molar-refractivity contribution >= 4 is 26.9 Å². The molecule has 0 aliphatic heterocycles. The summed E-state index contributed by atoms with van der Waals surface area (Å²) >= 11 is 0. The standard InChI is InChI=1S/C23H18F4N4O4S/c1-13(31-36(33,34)21-8-15-7-18(24)3-5-20(15)35-21)22(32)30-10-14-6-16(11-28-9-14)19-4-2-17(12-29-19)23(25,26)27/h2-9,11-13,31H,10H2,1H3,(H,30,32)/t13-/m0/s1. The number of rotatable bonds is 7. The highest BCUT2D eigenvalue weighted by Crippen LogP contribution is 2.29. The summed E-state index contributed by atoms with van der Waals surface area (Å²) in [4.78, 5) is 20.3. The molecule has 188 valence electrons. The minimum atomic E-state index is -4.50. The van der Waals surface area contributed by atoms with Crippen molar-refractivity contribution in [2.24, 2.45) is 0 Å². The average molecular weight is 522 g/mol. The normalized spacial score (nSPS) is 13.0. The van der Waals surface area contributed by atoms with Crippen LogP contribution in [0, 0.1) is 5.82 Å². The first-order valence-corrected chi connectivity index (χ1v) is 11.9. The first-order valence-electron chi connectivity index (χ1n) is 10.4. The molecular weight excluding hydrogens is 504 g/mol. The summed E-state index contributed by atoms with van der Waals surface area (Å²) in [6.45, 7) is 1.30. The molecule has 0 spiro atoms. The van der Waals surface area contributed by atoms with Gasteiger partial charge in [0.05, 0.1) is 17.3 Å². The Morgan fingerprint density at radius 2 is 1.86 bits per heavy atom. The van der Waals surface area contributed by atoms with Crippen molar-refractivity contribution in [2.45, 2.75) is 30.8 Å². The molecule has 4 aromatic rings. The van der Waals surface area contributed by atoms with Crippen molar-refractivity contribution < 1.29 is 35.2 Å². The minimum Gasteiger partial charge on any atom is -0.443 e. The molecule has 0 saturated carbocycles. The second-order valence-corrected chi connectivity index (χ2v) is 9.47. The molecular formula is C23H18F4N4O4S. The van der Waals surface area contributed by atoms with Gasteiger partial charge in [-0.2, -0.15) is 17.9 Å². The van der Waals surface area contributed by atoms with Gasteiger partial charge in [-0.3, -0.25) is 14.8 Å². The number of fused-ring (bicyclic) bond motifs is 1. The molecule has 0 bridgehead atoms. The van der Waals surface area contributed by atoms with Crippen LogP contribution in [0.3, 0.4) is 0 Å². The van der Waals surface area contributed by atoms with Crippen molar-refractivity contribution in [3.63, 3.8) is 0 Å². The van der Waals surface area contributed by atoms with Gasteiger partial charge in [0, 0.05) is 42.2 Å². The smallest absolute Gasteiger partial charge is 0.417 e. The van der Waals surface area contributed by atoms with E-state index < -0.39 is 44.6 Å². The number of alkyl halides is 3. The van der Waals surface area contributed by atoms with Crippen LogP contribution in [-0.2, 0) is 27.5 Å². The molecule has 1 aromatic carbocycles. The summed E-state index contributed by atoms with van der Waals surface area (Å²) in [6, 6.07) is 7.21. The fourth-order valence-electron chi connectivity index (χ4n) is 3.27. The third-order valence-corrected chi connectivity index (χ3v) is 6.49. The lowest BCUT2D eigenvalue weighted by atomic mass is 10.1. The summed E-state index contributed by atoms with van der Waals surface area (Å²) in [6.07, 6.45) is -0.931. The lowest BCUT2D eigenvalue weighted by molar-refractivity contribution is -0.137. The Kier molecular flexibility index (Phi) is 6.78. The third kappa shape index (κ3) is 5.69. The van der Waals surface area contributed by atoms with Crippen LogP contribution in [0.15, 0.2) is 70.6 Å². The zero-order valence-electron chi connectivity index (χ0n) is 18.5. The van der Waals surface area contributed by atoms with Crippen molar-refractivity contribution in [3.05, 3.63) is 78.0 Å². The molecule has 8 nitrogen and oxygen atoms in total. The maximum atomic E-state index is 13.4. The molecule has 0 fully saturated rings. The molecule has 3 aromatic heterocycles. The SMILES string of the molecule is C[C@H](NS(=O)(=O)c1cc2cc(F)ccc2o1)C(=O)NCc1cncc(-c2ccc(C(F)(F)F)cn2)c1. The summed E-state index contributed by atoms with van der Waals surface area (Å²) in [5.74, 6) is -1.21. The number of benzene rings is 1. The molecule has 0 saturated heterocycles. The average Bonchev–Trinajstić information content (AvgIpc) is 3.26. The van der Waals surface area contributed by atoms with E-state index in [1.807, 2.05) is 0 Å². The van der Waals surface area contributed by atoms with Crippen LogP contribution in [0.5, 0.6) is 0 Å². The largest absolute Gasteiger partial charge is 0.443 e. The number of amides is 1. The number of carbonyl (C=O) groups excluding carboxylic acids is 1. The van der Waals surface area contributed by atoms with Gasteiger partial charge in [-0.15, -0.1) is 0 Å². The maximum absolute atomic E-state index is 13.4. The Morgan fingerprint density at radius 1 is 1.08 bits per heavy atom. The Morgan fingerprint density at radius 3 is 2.56 bits per heavy atom. The van der Waals surface area contributed by atoms with E-state index in [2.05, 4.69) is 20.0 Å². The number of hydrogen-bond donors (Lipinski definition) is 2. The number of pyridine rings is 2. The molecule has 1 amide bonds. The van der Waals surface area contributed by atoms with E-state index >= 15 is 0 Å². The highest BCUT2D eigenvalue weighted by atomic mass is 32.2. The second-order valence-electron chi connectivity index (χ2n) is 7.82. The van der Waals surface area contributed by atoms with Gasteiger partial charge < -0.3 is 9.73 Å². The first-order chi connectivity index (χ1) is 16.9. The molecule has 2 N–H and O–H groups in total. The lowest BCUT2D eigenvalue weighted by Gasteiger charge is -2.13. The number of halogens is 4. The van der Waals surface area contributed by atoms with Crippen LogP contribution in [0.25, 0.3) is 22.2 Å². The predicted octanol–water partition coefficient (Wildman–Crippen LogP) is 4.03. The Hall–Kier alpha value is -3.84. The molecule has 0 unspecified atom stereocenters. The van der Waals surface area contributed by atoms with Crippen LogP contribution in [-0.4, -0.2) is 30.3 Å². The fraction of sp³-hybridized carbons (Fsp3) is 0.174. The quantitative estimate of drug-likeness (QED) is 0.354. The van der Waals surface area contributed by atoms with Gasteiger partial charge in [0.1, 0.15) is 11.4 Å². The van der Waals surface area contributed by atoms with Crippen molar-refractivity contribution in [3.8, 4) is 11.3 Å². The summed E-state index contributed by atoms with van der Waals surface area (Å²) in [5, 5.41) is 2.34. The molecule has 0 radical (unpaired) electrons. The Balaban J connectivity index is 1.39. The third-order valence-electron chi connectivity index (χ3n) is 5.09. The van der Waals surface area contributed by atoms with Crippen molar-refractivity contribution in [1.82, 2.24) is 20.0 Å². The Labute approximate surface area is 202 Å². The highest BCUT2D eigenvalue weighted by molar-refractivity contribution is 7.89. The fourth-order valence-corrected chi connectivity index (χ4v) is 4.44. The van der Waals surface area contributed by atoms with Gasteiger partial charge in [-0.05, 0) is 48.9 Å². The zero-order valence-corrected chi connectivity index (χ0v) is 19.3. The van der Waals surface area contributed by atoms with Gasteiger partial charge >= 0.3 is 6.18 Å². The number of hydrogen-bond acceptors (Lipinski definition) is 6. The van der Waals surface area contributed by atoms with E-state index in [1.54, 1.807) is 6.07 Å². The second kappa shape index (κ2) is 9.66. The summed E-state index contributed by atoms with van der Waals surface area (Å²) in [7, 11) is -4.22. The van der Waals surface area contributed by atoms with Crippen LogP contribution in [0.4, 0.5) is 17.6 Å². The summed E-state index contributed by atoms with van der Waals surface area (Å²) in [5.41, 5.74) is 0.496.